The number of hydrogen-bond acceptors (Lipinski definition) is 5. The molecule has 1 aromatic heterocycles. The third-order valence-corrected chi connectivity index (χ3v) is 5.11. The van der Waals surface area contributed by atoms with Crippen LogP contribution < -0.4 is 10.6 Å². The van der Waals surface area contributed by atoms with Gasteiger partial charge >= 0.3 is 6.03 Å². The molecule has 1 aliphatic rings. The van der Waals surface area contributed by atoms with E-state index in [1.165, 1.54) is 37.4 Å². The first-order valence-electron chi connectivity index (χ1n) is 8.94. The van der Waals surface area contributed by atoms with Gasteiger partial charge in [0.05, 0.1) is 5.25 Å². The summed E-state index contributed by atoms with van der Waals surface area (Å²) >= 11 is 1.25. The van der Waals surface area contributed by atoms with Gasteiger partial charge in [-0.3, -0.25) is 15.2 Å². The quantitative estimate of drug-likeness (QED) is 0.671. The molecule has 0 saturated heterocycles. The molecule has 0 spiro atoms. The molecule has 1 aliphatic carbocycles. The number of nitrogens with one attached hydrogen (secondary N) is 3. The summed E-state index contributed by atoms with van der Waals surface area (Å²) < 4.78 is 0. The van der Waals surface area contributed by atoms with Crippen LogP contribution in [-0.2, 0) is 11.2 Å². The van der Waals surface area contributed by atoms with E-state index in [2.05, 4.69) is 25.8 Å². The molecular weight excluding hydrogens is 338 g/mol. The standard InChI is InChI=1S/C17H29N5O2S/c1-11(14(23)19-15(24)20-17(2,3)4)25-16-18-13(21-22-16)10-9-12-7-5-6-8-12/h11-12H,5-10H2,1-4H3,(H,18,21,22)(H2,19,20,23,24). The Labute approximate surface area is 153 Å². The summed E-state index contributed by atoms with van der Waals surface area (Å²) in [6.07, 6.45) is 7.37. The number of H-pyrrole nitrogens is 1. The Hall–Kier alpha value is -1.57. The molecule has 0 aromatic carbocycles. The lowest BCUT2D eigenvalue weighted by Crippen LogP contribution is -2.49. The van der Waals surface area contributed by atoms with Crippen molar-refractivity contribution in [3.63, 3.8) is 0 Å². The molecule has 25 heavy (non-hydrogen) atoms. The van der Waals surface area contributed by atoms with Gasteiger partial charge in [0.15, 0.2) is 0 Å². The smallest absolute Gasteiger partial charge is 0.321 e. The third kappa shape index (κ3) is 7.05. The number of amides is 3. The topological polar surface area (TPSA) is 99.8 Å². The van der Waals surface area contributed by atoms with E-state index in [1.807, 2.05) is 20.8 Å². The van der Waals surface area contributed by atoms with Crippen LogP contribution in [0.2, 0.25) is 0 Å². The van der Waals surface area contributed by atoms with Gasteiger partial charge in [-0.2, -0.15) is 0 Å². The summed E-state index contributed by atoms with van der Waals surface area (Å²) in [4.78, 5) is 28.3. The van der Waals surface area contributed by atoms with Crippen molar-refractivity contribution in [1.29, 1.82) is 0 Å². The predicted molar refractivity (Wildman–Crippen MR) is 98.4 cm³/mol. The number of carbonyl (C=O) groups is 2. The molecule has 0 aliphatic heterocycles. The maximum Gasteiger partial charge on any atom is 0.321 e. The highest BCUT2D eigenvalue weighted by Crippen LogP contribution is 2.28. The Morgan fingerprint density at radius 1 is 1.32 bits per heavy atom. The van der Waals surface area contributed by atoms with Crippen LogP contribution in [0.3, 0.4) is 0 Å². The second kappa shape index (κ2) is 8.69. The minimum atomic E-state index is -0.489. The summed E-state index contributed by atoms with van der Waals surface area (Å²) in [6, 6.07) is -0.489. The second-order valence-electron chi connectivity index (χ2n) is 7.71. The Morgan fingerprint density at radius 2 is 2.00 bits per heavy atom. The normalized spacial score (nSPS) is 16.6. The Morgan fingerprint density at radius 3 is 2.64 bits per heavy atom. The Bertz CT molecular complexity index is 590. The molecule has 140 valence electrons. The number of hydrogen-bond donors (Lipinski definition) is 3. The monoisotopic (exact) mass is 367 g/mol. The van der Waals surface area contributed by atoms with Gasteiger partial charge in [-0.05, 0) is 40.0 Å². The molecule has 1 heterocycles. The van der Waals surface area contributed by atoms with Gasteiger partial charge in [-0.15, -0.1) is 5.10 Å². The Kier molecular flexibility index (Phi) is 6.87. The van der Waals surface area contributed by atoms with E-state index in [0.717, 1.165) is 24.6 Å². The lowest BCUT2D eigenvalue weighted by Gasteiger charge is -2.20. The number of aromatic amines is 1. The molecule has 3 N–H and O–H groups in total. The van der Waals surface area contributed by atoms with Crippen molar-refractivity contribution in [3.8, 4) is 0 Å². The van der Waals surface area contributed by atoms with Crippen LogP contribution in [0.15, 0.2) is 5.16 Å². The van der Waals surface area contributed by atoms with Crippen LogP contribution >= 0.6 is 11.8 Å². The van der Waals surface area contributed by atoms with Crippen LogP contribution in [0.5, 0.6) is 0 Å². The van der Waals surface area contributed by atoms with Crippen molar-refractivity contribution in [2.24, 2.45) is 5.92 Å². The second-order valence-corrected chi connectivity index (χ2v) is 9.02. The van der Waals surface area contributed by atoms with Crippen molar-refractivity contribution >= 4 is 23.7 Å². The van der Waals surface area contributed by atoms with Gasteiger partial charge in [0.1, 0.15) is 5.82 Å². The lowest BCUT2D eigenvalue weighted by molar-refractivity contribution is -0.119. The van der Waals surface area contributed by atoms with Gasteiger partial charge in [-0.1, -0.05) is 37.4 Å². The fourth-order valence-corrected chi connectivity index (χ4v) is 3.62. The van der Waals surface area contributed by atoms with Crippen molar-refractivity contribution in [2.45, 2.75) is 82.2 Å². The highest BCUT2D eigenvalue weighted by atomic mass is 32.2. The molecule has 1 saturated carbocycles. The molecule has 8 heteroatoms. The average molecular weight is 368 g/mol. The van der Waals surface area contributed by atoms with Gasteiger partial charge in [0, 0.05) is 12.0 Å². The van der Waals surface area contributed by atoms with E-state index in [-0.39, 0.29) is 5.91 Å². The molecule has 1 atom stereocenters. The highest BCUT2D eigenvalue weighted by Gasteiger charge is 2.22. The van der Waals surface area contributed by atoms with Crippen molar-refractivity contribution in [2.75, 3.05) is 0 Å². The van der Waals surface area contributed by atoms with Crippen LogP contribution in [0.25, 0.3) is 0 Å². The lowest BCUT2D eigenvalue weighted by atomic mass is 10.0. The largest absolute Gasteiger partial charge is 0.333 e. The number of aryl methyl sites for hydroxylation is 1. The molecule has 2 rings (SSSR count). The summed E-state index contributed by atoms with van der Waals surface area (Å²) in [7, 11) is 0. The van der Waals surface area contributed by atoms with Gasteiger partial charge < -0.3 is 5.32 Å². The number of carbonyl (C=O) groups excluding carboxylic acids is 2. The highest BCUT2D eigenvalue weighted by molar-refractivity contribution is 8.00. The van der Waals surface area contributed by atoms with E-state index in [1.54, 1.807) is 6.92 Å². The first-order chi connectivity index (χ1) is 11.7. The average Bonchev–Trinajstić information content (AvgIpc) is 3.14. The van der Waals surface area contributed by atoms with Gasteiger partial charge in [-0.25, -0.2) is 9.78 Å². The van der Waals surface area contributed by atoms with E-state index < -0.39 is 16.8 Å². The summed E-state index contributed by atoms with van der Waals surface area (Å²) in [5.74, 6) is 1.32. The molecule has 0 radical (unpaired) electrons. The summed E-state index contributed by atoms with van der Waals surface area (Å²) in [5, 5.41) is 12.3. The zero-order chi connectivity index (χ0) is 18.4. The fourth-order valence-electron chi connectivity index (χ4n) is 2.88. The zero-order valence-electron chi connectivity index (χ0n) is 15.5. The van der Waals surface area contributed by atoms with Gasteiger partial charge in [0.25, 0.3) is 0 Å². The fraction of sp³-hybridized carbons (Fsp3) is 0.765. The van der Waals surface area contributed by atoms with Crippen LogP contribution in [0.1, 0.15) is 65.6 Å². The maximum absolute atomic E-state index is 12.1. The minimum absolute atomic E-state index is 0.357. The minimum Gasteiger partial charge on any atom is -0.333 e. The maximum atomic E-state index is 12.1. The van der Waals surface area contributed by atoms with Gasteiger partial charge in [0.2, 0.25) is 11.1 Å². The number of nitrogens with zero attached hydrogens (tertiary/aromatic N) is 2. The van der Waals surface area contributed by atoms with Crippen molar-refractivity contribution in [3.05, 3.63) is 5.82 Å². The number of rotatable bonds is 6. The van der Waals surface area contributed by atoms with Crippen LogP contribution in [-0.4, -0.2) is 37.9 Å². The molecule has 7 nitrogen and oxygen atoms in total. The number of imide groups is 1. The first-order valence-corrected chi connectivity index (χ1v) is 9.82. The van der Waals surface area contributed by atoms with Crippen molar-refractivity contribution < 1.29 is 9.59 Å². The van der Waals surface area contributed by atoms with E-state index in [0.29, 0.717) is 5.16 Å². The molecule has 1 fully saturated rings. The number of aromatic nitrogens is 3. The number of thioether (sulfide) groups is 1. The zero-order valence-corrected chi connectivity index (χ0v) is 16.3. The molecular formula is C17H29N5O2S. The van der Waals surface area contributed by atoms with Crippen LogP contribution in [0, 0.1) is 5.92 Å². The summed E-state index contributed by atoms with van der Waals surface area (Å²) in [6.45, 7) is 7.31. The number of urea groups is 1. The van der Waals surface area contributed by atoms with Crippen molar-refractivity contribution in [1.82, 2.24) is 25.8 Å². The van der Waals surface area contributed by atoms with E-state index in [9.17, 15) is 9.59 Å². The van der Waals surface area contributed by atoms with E-state index in [4.69, 9.17) is 0 Å². The Balaban J connectivity index is 1.76. The molecule has 0 bridgehead atoms. The van der Waals surface area contributed by atoms with Crippen LogP contribution in [0.4, 0.5) is 4.79 Å². The first kappa shape index (κ1) is 19.8. The summed E-state index contributed by atoms with van der Waals surface area (Å²) in [5.41, 5.74) is -0.390. The predicted octanol–water partition coefficient (Wildman–Crippen LogP) is 3.03. The van der Waals surface area contributed by atoms with E-state index >= 15 is 0 Å². The molecule has 1 unspecified atom stereocenters. The third-order valence-electron chi connectivity index (χ3n) is 4.15. The SMILES string of the molecule is CC(Sc1n[nH]c(CCC2CCCC2)n1)C(=O)NC(=O)NC(C)(C)C. The molecule has 1 aromatic rings. The molecule has 3 amide bonds.